The standard InChI is InChI=1S/C7H5F3N2O3/c8-5-4(12(14)15)1-3(2-13)11-6(5)7(9)10/h1,7,13H,2H2. The highest BCUT2D eigenvalue weighted by Gasteiger charge is 2.26. The first-order valence-corrected chi connectivity index (χ1v) is 3.70. The van der Waals surface area contributed by atoms with E-state index < -0.39 is 35.2 Å². The molecule has 0 bridgehead atoms. The number of aliphatic hydroxyl groups excluding tert-OH is 1. The Labute approximate surface area is 81.3 Å². The number of hydrogen-bond donors (Lipinski definition) is 1. The number of halogens is 3. The van der Waals surface area contributed by atoms with E-state index >= 15 is 0 Å². The van der Waals surface area contributed by atoms with Gasteiger partial charge in [0, 0.05) is 6.07 Å². The van der Waals surface area contributed by atoms with Crippen molar-refractivity contribution in [3.05, 3.63) is 33.4 Å². The Bertz CT molecular complexity index is 397. The Balaban J connectivity index is 3.40. The number of pyridine rings is 1. The van der Waals surface area contributed by atoms with Crippen LogP contribution < -0.4 is 0 Å². The summed E-state index contributed by atoms with van der Waals surface area (Å²) in [5, 5.41) is 18.9. The molecule has 0 saturated heterocycles. The van der Waals surface area contributed by atoms with E-state index in [0.717, 1.165) is 0 Å². The van der Waals surface area contributed by atoms with E-state index in [1.54, 1.807) is 0 Å². The predicted octanol–water partition coefficient (Wildman–Crippen LogP) is 1.56. The second kappa shape index (κ2) is 4.22. The van der Waals surface area contributed by atoms with Crippen molar-refractivity contribution in [2.24, 2.45) is 0 Å². The lowest BCUT2D eigenvalue weighted by Gasteiger charge is -2.03. The van der Waals surface area contributed by atoms with Gasteiger partial charge in [0.1, 0.15) is 5.69 Å². The lowest BCUT2D eigenvalue weighted by atomic mass is 10.2. The van der Waals surface area contributed by atoms with Crippen LogP contribution in [0.4, 0.5) is 18.9 Å². The molecule has 0 saturated carbocycles. The van der Waals surface area contributed by atoms with Gasteiger partial charge < -0.3 is 5.11 Å². The molecule has 0 fully saturated rings. The normalized spacial score (nSPS) is 10.7. The maximum atomic E-state index is 13.0. The first kappa shape index (κ1) is 11.4. The minimum absolute atomic E-state index is 0.376. The number of rotatable bonds is 3. The summed E-state index contributed by atoms with van der Waals surface area (Å²) >= 11 is 0. The Morgan fingerprint density at radius 1 is 1.60 bits per heavy atom. The lowest BCUT2D eigenvalue weighted by Crippen LogP contribution is -2.04. The average Bonchev–Trinajstić information content (AvgIpc) is 2.17. The lowest BCUT2D eigenvalue weighted by molar-refractivity contribution is -0.387. The van der Waals surface area contributed by atoms with Crippen molar-refractivity contribution in [1.29, 1.82) is 0 Å². The van der Waals surface area contributed by atoms with Gasteiger partial charge in [-0.25, -0.2) is 13.8 Å². The molecule has 0 unspecified atom stereocenters. The molecule has 15 heavy (non-hydrogen) atoms. The molecule has 0 aromatic carbocycles. The van der Waals surface area contributed by atoms with E-state index in [1.807, 2.05) is 0 Å². The van der Waals surface area contributed by atoms with E-state index in [2.05, 4.69) is 4.98 Å². The molecular weight excluding hydrogens is 217 g/mol. The maximum Gasteiger partial charge on any atom is 0.308 e. The van der Waals surface area contributed by atoms with E-state index in [4.69, 9.17) is 5.11 Å². The van der Waals surface area contributed by atoms with Crippen LogP contribution in [-0.4, -0.2) is 15.0 Å². The molecule has 1 N–H and O–H groups in total. The van der Waals surface area contributed by atoms with Crippen molar-refractivity contribution in [2.45, 2.75) is 13.0 Å². The van der Waals surface area contributed by atoms with Gasteiger partial charge in [-0.05, 0) is 0 Å². The third kappa shape index (κ3) is 2.21. The third-order valence-corrected chi connectivity index (χ3v) is 1.58. The van der Waals surface area contributed by atoms with Crippen LogP contribution in [0, 0.1) is 15.9 Å². The van der Waals surface area contributed by atoms with Crippen LogP contribution in [0.1, 0.15) is 17.8 Å². The van der Waals surface area contributed by atoms with Gasteiger partial charge in [-0.2, -0.15) is 4.39 Å². The van der Waals surface area contributed by atoms with E-state index in [0.29, 0.717) is 6.07 Å². The fraction of sp³-hybridized carbons (Fsp3) is 0.286. The van der Waals surface area contributed by atoms with Crippen molar-refractivity contribution in [3.63, 3.8) is 0 Å². The summed E-state index contributed by atoms with van der Waals surface area (Å²) in [5.74, 6) is -1.67. The quantitative estimate of drug-likeness (QED) is 0.621. The molecule has 1 rings (SSSR count). The van der Waals surface area contributed by atoms with E-state index in [1.165, 1.54) is 0 Å². The molecule has 5 nitrogen and oxygen atoms in total. The van der Waals surface area contributed by atoms with Gasteiger partial charge in [-0.15, -0.1) is 0 Å². The number of aromatic nitrogens is 1. The molecule has 0 amide bonds. The van der Waals surface area contributed by atoms with Gasteiger partial charge in [0.25, 0.3) is 6.43 Å². The summed E-state index contributed by atoms with van der Waals surface area (Å²) in [7, 11) is 0. The molecule has 1 heterocycles. The number of alkyl halides is 2. The highest BCUT2D eigenvalue weighted by atomic mass is 19.3. The molecule has 1 aromatic rings. The second-order valence-electron chi connectivity index (χ2n) is 2.55. The molecule has 0 atom stereocenters. The fourth-order valence-corrected chi connectivity index (χ4v) is 0.947. The van der Waals surface area contributed by atoms with Crippen LogP contribution in [0.15, 0.2) is 6.07 Å². The zero-order chi connectivity index (χ0) is 11.6. The van der Waals surface area contributed by atoms with Gasteiger partial charge in [0.05, 0.1) is 17.2 Å². The average molecular weight is 222 g/mol. The second-order valence-corrected chi connectivity index (χ2v) is 2.55. The SMILES string of the molecule is O=[N+]([O-])c1cc(CO)nc(C(F)F)c1F. The molecule has 0 spiro atoms. The Morgan fingerprint density at radius 2 is 2.20 bits per heavy atom. The first-order valence-electron chi connectivity index (χ1n) is 3.70. The molecule has 1 aromatic heterocycles. The Kier molecular flexibility index (Phi) is 3.20. The molecular formula is C7H5F3N2O3. The van der Waals surface area contributed by atoms with Crippen LogP contribution in [0.3, 0.4) is 0 Å². The van der Waals surface area contributed by atoms with Crippen LogP contribution in [0.2, 0.25) is 0 Å². The number of hydrogen-bond acceptors (Lipinski definition) is 4. The van der Waals surface area contributed by atoms with Gasteiger partial charge in [0.2, 0.25) is 5.82 Å². The molecule has 8 heteroatoms. The van der Waals surface area contributed by atoms with Gasteiger partial charge >= 0.3 is 5.69 Å². The van der Waals surface area contributed by atoms with Gasteiger partial charge in [-0.1, -0.05) is 0 Å². The Morgan fingerprint density at radius 3 is 2.60 bits per heavy atom. The molecule has 0 aliphatic heterocycles. The summed E-state index contributed by atoms with van der Waals surface area (Å²) < 4.78 is 37.4. The smallest absolute Gasteiger partial charge is 0.308 e. The summed E-state index contributed by atoms with van der Waals surface area (Å²) in [5.41, 5.74) is -2.82. The highest BCUT2D eigenvalue weighted by molar-refractivity contribution is 5.36. The Hall–Kier alpha value is -1.70. The van der Waals surface area contributed by atoms with Gasteiger partial charge in [-0.3, -0.25) is 10.1 Å². The van der Waals surface area contributed by atoms with Crippen LogP contribution in [0.25, 0.3) is 0 Å². The zero-order valence-electron chi connectivity index (χ0n) is 7.15. The number of nitro groups is 1. The molecule has 0 radical (unpaired) electrons. The predicted molar refractivity (Wildman–Crippen MR) is 41.7 cm³/mol. The third-order valence-electron chi connectivity index (χ3n) is 1.58. The minimum Gasteiger partial charge on any atom is -0.390 e. The van der Waals surface area contributed by atoms with Crippen molar-refractivity contribution in [3.8, 4) is 0 Å². The highest BCUT2D eigenvalue weighted by Crippen LogP contribution is 2.27. The summed E-state index contributed by atoms with van der Waals surface area (Å²) in [4.78, 5) is 12.2. The zero-order valence-corrected chi connectivity index (χ0v) is 7.15. The molecule has 0 aliphatic rings. The molecule has 82 valence electrons. The molecule has 0 aliphatic carbocycles. The largest absolute Gasteiger partial charge is 0.390 e. The van der Waals surface area contributed by atoms with Crippen molar-refractivity contribution >= 4 is 5.69 Å². The summed E-state index contributed by atoms with van der Waals surface area (Å²) in [6.45, 7) is -0.777. The van der Waals surface area contributed by atoms with E-state index in [9.17, 15) is 23.3 Å². The topological polar surface area (TPSA) is 76.3 Å². The van der Waals surface area contributed by atoms with Crippen molar-refractivity contribution in [2.75, 3.05) is 0 Å². The minimum atomic E-state index is -3.27. The monoisotopic (exact) mass is 222 g/mol. The number of nitrogens with zero attached hydrogens (tertiary/aromatic N) is 2. The summed E-state index contributed by atoms with van der Waals surface area (Å²) in [6, 6.07) is 0.612. The van der Waals surface area contributed by atoms with E-state index in [-0.39, 0.29) is 5.69 Å². The van der Waals surface area contributed by atoms with Crippen LogP contribution in [-0.2, 0) is 6.61 Å². The van der Waals surface area contributed by atoms with Crippen molar-refractivity contribution < 1.29 is 23.2 Å². The summed E-state index contributed by atoms with van der Waals surface area (Å²) in [6.07, 6.45) is -3.27. The van der Waals surface area contributed by atoms with Crippen LogP contribution in [0.5, 0.6) is 0 Å². The van der Waals surface area contributed by atoms with Crippen molar-refractivity contribution in [1.82, 2.24) is 4.98 Å². The first-order chi connectivity index (χ1) is 6.97. The number of aliphatic hydroxyl groups is 1. The fourth-order valence-electron chi connectivity index (χ4n) is 0.947. The van der Waals surface area contributed by atoms with Gasteiger partial charge in [0.15, 0.2) is 0 Å². The van der Waals surface area contributed by atoms with Crippen LogP contribution >= 0.6 is 0 Å². The maximum absolute atomic E-state index is 13.0.